The topological polar surface area (TPSA) is 63.1 Å². The van der Waals surface area contributed by atoms with Gasteiger partial charge in [-0.05, 0) is 55.6 Å². The molecular formula is C24H26FN5O. The number of rotatable bonds is 5. The van der Waals surface area contributed by atoms with Gasteiger partial charge in [-0.2, -0.15) is 4.98 Å². The van der Waals surface area contributed by atoms with Gasteiger partial charge in [0, 0.05) is 36.8 Å². The third-order valence-electron chi connectivity index (χ3n) is 7.11. The number of halogens is 1. The molecule has 2 aromatic heterocycles. The second-order valence-electron chi connectivity index (χ2n) is 9.34. The van der Waals surface area contributed by atoms with Gasteiger partial charge < -0.3 is 0 Å². The lowest BCUT2D eigenvalue weighted by Gasteiger charge is -2.19. The third kappa shape index (κ3) is 3.51. The van der Waals surface area contributed by atoms with E-state index in [0.29, 0.717) is 35.2 Å². The maximum Gasteiger partial charge on any atom is 0.260 e. The summed E-state index contributed by atoms with van der Waals surface area (Å²) in [5, 5.41) is 2.97. The fraction of sp³-hybridized carbons (Fsp3) is 0.458. The molecule has 2 saturated carbocycles. The fourth-order valence-electron chi connectivity index (χ4n) is 5.28. The Morgan fingerprint density at radius 1 is 1.06 bits per heavy atom. The Morgan fingerprint density at radius 2 is 1.84 bits per heavy atom. The first-order chi connectivity index (χ1) is 15.2. The average Bonchev–Trinajstić information content (AvgIpc) is 3.35. The Morgan fingerprint density at radius 3 is 2.58 bits per heavy atom. The minimum Gasteiger partial charge on any atom is -0.292 e. The second-order valence-corrected chi connectivity index (χ2v) is 9.34. The molecule has 3 heterocycles. The molecule has 3 aromatic rings. The molecule has 6 rings (SSSR count). The van der Waals surface area contributed by atoms with E-state index in [2.05, 4.69) is 15.4 Å². The molecule has 3 fully saturated rings. The van der Waals surface area contributed by atoms with E-state index in [4.69, 9.17) is 4.98 Å². The van der Waals surface area contributed by atoms with Crippen LogP contribution in [0, 0.1) is 23.6 Å². The summed E-state index contributed by atoms with van der Waals surface area (Å²) in [5.41, 5.74) is 4.49. The predicted octanol–water partition coefficient (Wildman–Crippen LogP) is 4.07. The van der Waals surface area contributed by atoms with E-state index in [-0.39, 0.29) is 5.56 Å². The number of aromatic nitrogens is 3. The largest absolute Gasteiger partial charge is 0.292 e. The van der Waals surface area contributed by atoms with Gasteiger partial charge in [-0.1, -0.05) is 24.6 Å². The maximum atomic E-state index is 14.5. The van der Waals surface area contributed by atoms with Crippen molar-refractivity contribution in [1.82, 2.24) is 19.5 Å². The Kier molecular flexibility index (Phi) is 4.52. The first kappa shape index (κ1) is 18.9. The number of hydrogen-bond acceptors (Lipinski definition) is 5. The number of pyridine rings is 1. The standard InChI is InChI=1S/C24H26FN5O/c25-21-7-2-1-6-19(21)20-10-18-11-26-24(28-29-13-16-4-3-5-17(16)14-29)27-22(18)30(23(20)31)12-15-8-9-15/h1-2,6-7,10-11,15-17H,3-5,8-9,12-14H2,(H,26,27,28). The Labute approximate surface area is 180 Å². The van der Waals surface area contributed by atoms with E-state index in [1.54, 1.807) is 35.0 Å². The van der Waals surface area contributed by atoms with Crippen molar-refractivity contribution in [2.75, 3.05) is 18.5 Å². The lowest BCUT2D eigenvalue weighted by Crippen LogP contribution is -2.30. The van der Waals surface area contributed by atoms with Gasteiger partial charge in [-0.3, -0.25) is 14.8 Å². The molecule has 1 saturated heterocycles. The zero-order valence-electron chi connectivity index (χ0n) is 17.4. The Balaban J connectivity index is 1.39. The van der Waals surface area contributed by atoms with Crippen LogP contribution in [0.5, 0.6) is 0 Å². The van der Waals surface area contributed by atoms with E-state index in [0.717, 1.165) is 43.2 Å². The summed E-state index contributed by atoms with van der Waals surface area (Å²) in [7, 11) is 0. The van der Waals surface area contributed by atoms with Gasteiger partial charge in [0.25, 0.3) is 5.56 Å². The number of fused-ring (bicyclic) bond motifs is 2. The van der Waals surface area contributed by atoms with Crippen LogP contribution in [0.15, 0.2) is 41.3 Å². The lowest BCUT2D eigenvalue weighted by atomic mass is 10.0. The number of benzene rings is 1. The molecule has 0 amide bonds. The molecule has 0 radical (unpaired) electrons. The van der Waals surface area contributed by atoms with E-state index in [9.17, 15) is 9.18 Å². The van der Waals surface area contributed by atoms with E-state index >= 15 is 0 Å². The summed E-state index contributed by atoms with van der Waals surface area (Å²) in [4.78, 5) is 22.6. The molecule has 1 aromatic carbocycles. The van der Waals surface area contributed by atoms with E-state index in [1.165, 1.54) is 25.3 Å². The minimum absolute atomic E-state index is 0.190. The summed E-state index contributed by atoms with van der Waals surface area (Å²) in [6.45, 7) is 2.66. The molecule has 1 N–H and O–H groups in total. The van der Waals surface area contributed by atoms with Crippen molar-refractivity contribution in [2.24, 2.45) is 17.8 Å². The Bertz CT molecular complexity index is 1190. The maximum absolute atomic E-state index is 14.5. The van der Waals surface area contributed by atoms with E-state index in [1.807, 2.05) is 0 Å². The van der Waals surface area contributed by atoms with Gasteiger partial charge in [0.15, 0.2) is 0 Å². The molecule has 2 unspecified atom stereocenters. The molecule has 2 atom stereocenters. The number of nitrogens with zero attached hydrogens (tertiary/aromatic N) is 4. The van der Waals surface area contributed by atoms with Crippen LogP contribution in [-0.4, -0.2) is 32.6 Å². The monoisotopic (exact) mass is 419 g/mol. The van der Waals surface area contributed by atoms with Crippen molar-refractivity contribution >= 4 is 17.0 Å². The smallest absolute Gasteiger partial charge is 0.260 e. The van der Waals surface area contributed by atoms with Crippen LogP contribution < -0.4 is 11.0 Å². The molecule has 160 valence electrons. The average molecular weight is 420 g/mol. The molecular weight excluding hydrogens is 393 g/mol. The molecule has 0 spiro atoms. The summed E-state index contributed by atoms with van der Waals surface area (Å²) in [6, 6.07) is 8.15. The van der Waals surface area contributed by atoms with Crippen LogP contribution in [0.25, 0.3) is 22.2 Å². The van der Waals surface area contributed by atoms with Crippen molar-refractivity contribution < 1.29 is 4.39 Å². The molecule has 1 aliphatic heterocycles. The summed E-state index contributed by atoms with van der Waals surface area (Å²) >= 11 is 0. The van der Waals surface area contributed by atoms with Crippen LogP contribution in [0.1, 0.15) is 32.1 Å². The molecule has 0 bridgehead atoms. The van der Waals surface area contributed by atoms with Gasteiger partial charge in [0.2, 0.25) is 5.95 Å². The van der Waals surface area contributed by atoms with Gasteiger partial charge in [-0.25, -0.2) is 14.4 Å². The molecule has 7 heteroatoms. The van der Waals surface area contributed by atoms with Crippen LogP contribution in [0.4, 0.5) is 10.3 Å². The third-order valence-corrected chi connectivity index (χ3v) is 7.11. The second kappa shape index (κ2) is 7.41. The summed E-state index contributed by atoms with van der Waals surface area (Å²) < 4.78 is 16.2. The number of nitrogens with one attached hydrogen (secondary N) is 1. The zero-order chi connectivity index (χ0) is 20.9. The van der Waals surface area contributed by atoms with Crippen LogP contribution >= 0.6 is 0 Å². The molecule has 6 nitrogen and oxygen atoms in total. The number of anilines is 1. The molecule has 2 aliphatic carbocycles. The predicted molar refractivity (Wildman–Crippen MR) is 118 cm³/mol. The fourth-order valence-corrected chi connectivity index (χ4v) is 5.28. The van der Waals surface area contributed by atoms with Crippen molar-refractivity contribution in [3.8, 4) is 11.1 Å². The molecule has 3 aliphatic rings. The normalized spacial score (nSPS) is 23.4. The van der Waals surface area contributed by atoms with Crippen molar-refractivity contribution in [1.29, 1.82) is 0 Å². The number of hydrogen-bond donors (Lipinski definition) is 1. The van der Waals surface area contributed by atoms with Gasteiger partial charge >= 0.3 is 0 Å². The van der Waals surface area contributed by atoms with Gasteiger partial charge in [0.05, 0.1) is 5.56 Å². The van der Waals surface area contributed by atoms with Crippen LogP contribution in [0.2, 0.25) is 0 Å². The van der Waals surface area contributed by atoms with Crippen LogP contribution in [0.3, 0.4) is 0 Å². The van der Waals surface area contributed by atoms with Gasteiger partial charge in [-0.15, -0.1) is 0 Å². The Hall–Kier alpha value is -2.80. The SMILES string of the molecule is O=c1c(-c2ccccc2F)cc2cnc(NN3CC4CCCC4C3)nc2n1CC1CC1. The highest BCUT2D eigenvalue weighted by atomic mass is 19.1. The summed E-state index contributed by atoms with van der Waals surface area (Å²) in [6.07, 6.45) is 7.93. The van der Waals surface area contributed by atoms with Gasteiger partial charge in [0.1, 0.15) is 11.5 Å². The highest BCUT2D eigenvalue weighted by Gasteiger charge is 2.36. The number of hydrazine groups is 1. The summed E-state index contributed by atoms with van der Waals surface area (Å²) in [5.74, 6) is 2.15. The quantitative estimate of drug-likeness (QED) is 0.676. The zero-order valence-corrected chi connectivity index (χ0v) is 17.4. The van der Waals surface area contributed by atoms with Crippen LogP contribution in [-0.2, 0) is 6.54 Å². The lowest BCUT2D eigenvalue weighted by molar-refractivity contribution is 0.369. The molecule has 31 heavy (non-hydrogen) atoms. The van der Waals surface area contributed by atoms with Crippen molar-refractivity contribution in [3.05, 3.63) is 52.7 Å². The van der Waals surface area contributed by atoms with E-state index < -0.39 is 5.82 Å². The first-order valence-electron chi connectivity index (χ1n) is 11.3. The first-order valence-corrected chi connectivity index (χ1v) is 11.3. The van der Waals surface area contributed by atoms with Crippen molar-refractivity contribution in [2.45, 2.75) is 38.6 Å². The van der Waals surface area contributed by atoms with Crippen molar-refractivity contribution in [3.63, 3.8) is 0 Å². The minimum atomic E-state index is -0.393. The highest BCUT2D eigenvalue weighted by molar-refractivity contribution is 5.81. The highest BCUT2D eigenvalue weighted by Crippen LogP contribution is 2.37.